The number of benzene rings is 1. The van der Waals surface area contributed by atoms with Crippen molar-refractivity contribution in [1.29, 1.82) is 0 Å². The van der Waals surface area contributed by atoms with Crippen LogP contribution in [0.2, 0.25) is 0 Å². The zero-order valence-electron chi connectivity index (χ0n) is 9.82. The van der Waals surface area contributed by atoms with Gasteiger partial charge in [-0.2, -0.15) is 0 Å². The zero-order chi connectivity index (χ0) is 11.2. The first-order valence-electron chi connectivity index (χ1n) is 6.44. The lowest BCUT2D eigenvalue weighted by atomic mass is 9.95. The van der Waals surface area contributed by atoms with Gasteiger partial charge in [-0.3, -0.25) is 4.90 Å². The molecule has 2 nitrogen and oxygen atoms in total. The van der Waals surface area contributed by atoms with Crippen molar-refractivity contribution < 1.29 is 0 Å². The molecule has 1 unspecified atom stereocenters. The summed E-state index contributed by atoms with van der Waals surface area (Å²) in [5.74, 6) is 0. The van der Waals surface area contributed by atoms with Gasteiger partial charge in [0.15, 0.2) is 0 Å². The Balaban J connectivity index is 1.95. The number of hydrogen-bond acceptors (Lipinski definition) is 1. The molecule has 0 bridgehead atoms. The van der Waals surface area contributed by atoms with Crippen molar-refractivity contribution in [2.24, 2.45) is 0 Å². The molecule has 0 spiro atoms. The second-order valence-electron chi connectivity index (χ2n) is 5.01. The highest BCUT2D eigenvalue weighted by molar-refractivity contribution is 5.85. The smallest absolute Gasteiger partial charge is 0.0687 e. The number of nitrogens with one attached hydrogen (secondary N) is 1. The van der Waals surface area contributed by atoms with Crippen LogP contribution in [0.25, 0.3) is 10.9 Å². The Morgan fingerprint density at radius 1 is 1.18 bits per heavy atom. The standard InChI is InChI=1S/C15H16N2/c1-2-6-13-11(5-1)12-8-10-17-9-4-3-7-14(17)15(12)16-13/h1-3,5-7,14,16H,4,8-10H2. The molecule has 1 aromatic heterocycles. The fraction of sp³-hybridized carbons (Fsp3) is 0.333. The van der Waals surface area contributed by atoms with Gasteiger partial charge in [0, 0.05) is 29.7 Å². The van der Waals surface area contributed by atoms with Gasteiger partial charge in [0.1, 0.15) is 0 Å². The van der Waals surface area contributed by atoms with Crippen LogP contribution in [-0.2, 0) is 6.42 Å². The van der Waals surface area contributed by atoms with Gasteiger partial charge in [-0.05, 0) is 24.5 Å². The molecule has 2 aliphatic rings. The molecule has 0 saturated heterocycles. The maximum atomic E-state index is 3.62. The molecule has 4 rings (SSSR count). The van der Waals surface area contributed by atoms with Gasteiger partial charge in [-0.25, -0.2) is 0 Å². The maximum Gasteiger partial charge on any atom is 0.0687 e. The number of rotatable bonds is 0. The van der Waals surface area contributed by atoms with E-state index >= 15 is 0 Å². The summed E-state index contributed by atoms with van der Waals surface area (Å²) in [5, 5.41) is 1.42. The predicted molar refractivity (Wildman–Crippen MR) is 70.1 cm³/mol. The minimum absolute atomic E-state index is 0.486. The van der Waals surface area contributed by atoms with Gasteiger partial charge >= 0.3 is 0 Å². The van der Waals surface area contributed by atoms with Crippen molar-refractivity contribution in [3.63, 3.8) is 0 Å². The van der Waals surface area contributed by atoms with Crippen LogP contribution < -0.4 is 0 Å². The third kappa shape index (κ3) is 1.31. The van der Waals surface area contributed by atoms with Crippen LogP contribution in [0.5, 0.6) is 0 Å². The van der Waals surface area contributed by atoms with Crippen molar-refractivity contribution in [2.45, 2.75) is 18.9 Å². The molecular weight excluding hydrogens is 208 g/mol. The Kier molecular flexibility index (Phi) is 1.94. The van der Waals surface area contributed by atoms with E-state index in [0.29, 0.717) is 6.04 Å². The number of para-hydroxylation sites is 1. The van der Waals surface area contributed by atoms with E-state index in [9.17, 15) is 0 Å². The van der Waals surface area contributed by atoms with Crippen LogP contribution in [0.1, 0.15) is 23.7 Å². The zero-order valence-corrected chi connectivity index (χ0v) is 9.82. The molecule has 2 aliphatic heterocycles. The molecule has 1 aromatic carbocycles. The number of fused-ring (bicyclic) bond motifs is 5. The van der Waals surface area contributed by atoms with Crippen LogP contribution in [0.3, 0.4) is 0 Å². The average Bonchev–Trinajstić information content (AvgIpc) is 2.78. The first-order valence-corrected chi connectivity index (χ1v) is 6.44. The molecule has 0 aliphatic carbocycles. The molecule has 0 radical (unpaired) electrons. The molecule has 1 N–H and O–H groups in total. The SMILES string of the molecule is C1=CC2c3[nH]c4ccccc4c3CCN2CC1. The topological polar surface area (TPSA) is 19.0 Å². The fourth-order valence-corrected chi connectivity index (χ4v) is 3.25. The molecule has 2 aromatic rings. The van der Waals surface area contributed by atoms with Gasteiger partial charge in [-0.1, -0.05) is 30.4 Å². The molecule has 0 amide bonds. The summed E-state index contributed by atoms with van der Waals surface area (Å²) in [6.45, 7) is 2.40. The summed E-state index contributed by atoms with van der Waals surface area (Å²) < 4.78 is 0. The number of aromatic nitrogens is 1. The molecule has 1 atom stereocenters. The van der Waals surface area contributed by atoms with Crippen molar-refractivity contribution in [1.82, 2.24) is 9.88 Å². The van der Waals surface area contributed by atoms with Crippen LogP contribution in [0.15, 0.2) is 36.4 Å². The molecule has 2 heteroatoms. The molecule has 3 heterocycles. The minimum Gasteiger partial charge on any atom is -0.357 e. The number of hydrogen-bond donors (Lipinski definition) is 1. The Morgan fingerprint density at radius 3 is 3.12 bits per heavy atom. The van der Waals surface area contributed by atoms with E-state index in [-0.39, 0.29) is 0 Å². The van der Waals surface area contributed by atoms with E-state index in [0.717, 1.165) is 0 Å². The second-order valence-corrected chi connectivity index (χ2v) is 5.01. The lowest BCUT2D eigenvalue weighted by Crippen LogP contribution is -2.36. The fourth-order valence-electron chi connectivity index (χ4n) is 3.25. The summed E-state index contributed by atoms with van der Waals surface area (Å²) in [6, 6.07) is 9.16. The van der Waals surface area contributed by atoms with Gasteiger partial charge in [0.05, 0.1) is 6.04 Å². The Morgan fingerprint density at radius 2 is 2.12 bits per heavy atom. The lowest BCUT2D eigenvalue weighted by Gasteiger charge is -2.36. The average molecular weight is 224 g/mol. The van der Waals surface area contributed by atoms with Crippen LogP contribution in [0.4, 0.5) is 0 Å². The van der Waals surface area contributed by atoms with Crippen molar-refractivity contribution in [3.05, 3.63) is 47.7 Å². The van der Waals surface area contributed by atoms with Gasteiger partial charge in [0.25, 0.3) is 0 Å². The highest BCUT2D eigenvalue weighted by Crippen LogP contribution is 2.36. The van der Waals surface area contributed by atoms with Crippen LogP contribution in [0, 0.1) is 0 Å². The largest absolute Gasteiger partial charge is 0.357 e. The summed E-state index contributed by atoms with van der Waals surface area (Å²) in [7, 11) is 0. The van der Waals surface area contributed by atoms with E-state index in [4.69, 9.17) is 0 Å². The molecular formula is C15H16N2. The number of aromatic amines is 1. The Hall–Kier alpha value is -1.54. The summed E-state index contributed by atoms with van der Waals surface area (Å²) in [5.41, 5.74) is 4.25. The van der Waals surface area contributed by atoms with Gasteiger partial charge in [0.2, 0.25) is 0 Å². The van der Waals surface area contributed by atoms with Crippen molar-refractivity contribution in [3.8, 4) is 0 Å². The summed E-state index contributed by atoms with van der Waals surface area (Å²) in [6.07, 6.45) is 7.06. The predicted octanol–water partition coefficient (Wildman–Crippen LogP) is 3.03. The van der Waals surface area contributed by atoms with E-state index < -0.39 is 0 Å². The normalized spacial score (nSPS) is 23.6. The Labute approximate surface area is 101 Å². The van der Waals surface area contributed by atoms with E-state index in [1.54, 1.807) is 0 Å². The van der Waals surface area contributed by atoms with Gasteiger partial charge < -0.3 is 4.98 Å². The molecule has 17 heavy (non-hydrogen) atoms. The first kappa shape index (κ1) is 9.49. The Bertz CT molecular complexity index is 594. The monoisotopic (exact) mass is 224 g/mol. The minimum atomic E-state index is 0.486. The highest BCUT2D eigenvalue weighted by atomic mass is 15.2. The lowest BCUT2D eigenvalue weighted by molar-refractivity contribution is 0.211. The summed E-state index contributed by atoms with van der Waals surface area (Å²) >= 11 is 0. The molecule has 0 fully saturated rings. The van der Waals surface area contributed by atoms with E-state index in [2.05, 4.69) is 46.3 Å². The number of nitrogens with zero attached hydrogens (tertiary/aromatic N) is 1. The van der Waals surface area contributed by atoms with Crippen LogP contribution >= 0.6 is 0 Å². The summed E-state index contributed by atoms with van der Waals surface area (Å²) in [4.78, 5) is 6.20. The quantitative estimate of drug-likeness (QED) is 0.681. The number of H-pyrrole nitrogens is 1. The maximum absolute atomic E-state index is 3.62. The first-order chi connectivity index (χ1) is 8.43. The molecule has 86 valence electrons. The third-order valence-electron chi connectivity index (χ3n) is 4.09. The highest BCUT2D eigenvalue weighted by Gasteiger charge is 2.29. The van der Waals surface area contributed by atoms with E-state index in [1.807, 2.05) is 0 Å². The van der Waals surface area contributed by atoms with Crippen LogP contribution in [-0.4, -0.2) is 23.0 Å². The van der Waals surface area contributed by atoms with Crippen molar-refractivity contribution in [2.75, 3.05) is 13.1 Å². The van der Waals surface area contributed by atoms with E-state index in [1.165, 1.54) is 48.1 Å². The van der Waals surface area contributed by atoms with Crippen molar-refractivity contribution >= 4 is 10.9 Å². The third-order valence-corrected chi connectivity index (χ3v) is 4.09. The van der Waals surface area contributed by atoms with Gasteiger partial charge in [-0.15, -0.1) is 0 Å². The molecule has 0 saturated carbocycles. The second kappa shape index (κ2) is 3.47.